The number of thioether (sulfide) groups is 1. The molecule has 0 spiro atoms. The molecule has 3 rings (SSSR count). The third-order valence-corrected chi connectivity index (χ3v) is 6.33. The van der Waals surface area contributed by atoms with Crippen LogP contribution in [0, 0.1) is 3.57 Å². The Morgan fingerprint density at radius 3 is 2.71 bits per heavy atom. The molecule has 0 saturated heterocycles. The summed E-state index contributed by atoms with van der Waals surface area (Å²) in [6.45, 7) is 8.50. The molecule has 0 aliphatic heterocycles. The number of allylic oxidation sites excluding steroid dienone is 2. The lowest BCUT2D eigenvalue weighted by Gasteiger charge is -2.09. The lowest BCUT2D eigenvalue weighted by Crippen LogP contribution is -2.20. The average molecular weight is 588 g/mol. The highest BCUT2D eigenvalue weighted by Gasteiger charge is 2.13. The number of para-hydroxylation sites is 1. The zero-order chi connectivity index (χ0) is 24.3. The molecule has 8 nitrogen and oxygen atoms in total. The normalized spacial score (nSPS) is 10.9. The summed E-state index contributed by atoms with van der Waals surface area (Å²) in [7, 11) is 0. The van der Waals surface area contributed by atoms with E-state index in [1.54, 1.807) is 18.2 Å². The number of hydrazone groups is 1. The van der Waals surface area contributed by atoms with Crippen LogP contribution >= 0.6 is 34.4 Å². The Bertz CT molecular complexity index is 1180. The molecule has 0 unspecified atom stereocenters. The highest BCUT2D eigenvalue weighted by molar-refractivity contribution is 14.1. The quantitative estimate of drug-likeness (QED) is 0.0956. The summed E-state index contributed by atoms with van der Waals surface area (Å²) in [5, 5.41) is 26.7. The lowest BCUT2D eigenvalue weighted by atomic mass is 10.1. The van der Waals surface area contributed by atoms with Gasteiger partial charge in [0.15, 0.2) is 11.0 Å². The van der Waals surface area contributed by atoms with Gasteiger partial charge in [0, 0.05) is 21.4 Å². The Morgan fingerprint density at radius 1 is 1.18 bits per heavy atom. The molecule has 0 fully saturated rings. The number of hydrogen-bond acceptors (Lipinski definition) is 7. The number of rotatable bonds is 12. The third-order valence-electron chi connectivity index (χ3n) is 4.64. The van der Waals surface area contributed by atoms with Crippen molar-refractivity contribution in [3.05, 3.63) is 88.3 Å². The van der Waals surface area contributed by atoms with Crippen molar-refractivity contribution in [3.8, 4) is 5.75 Å². The number of aromatic nitrogens is 3. The first-order chi connectivity index (χ1) is 16.5. The molecule has 0 atom stereocenters. The zero-order valence-electron chi connectivity index (χ0n) is 18.4. The minimum absolute atomic E-state index is 0.111. The first kappa shape index (κ1) is 25.5. The summed E-state index contributed by atoms with van der Waals surface area (Å²) < 4.78 is 3.08. The van der Waals surface area contributed by atoms with Gasteiger partial charge in [-0.2, -0.15) is 5.10 Å². The Hall–Kier alpha value is -3.12. The van der Waals surface area contributed by atoms with E-state index in [2.05, 4.69) is 61.8 Å². The van der Waals surface area contributed by atoms with E-state index in [1.165, 1.54) is 18.0 Å². The fourth-order valence-corrected chi connectivity index (χ4v) is 4.11. The van der Waals surface area contributed by atoms with E-state index in [1.807, 2.05) is 41.0 Å². The number of amides is 1. The van der Waals surface area contributed by atoms with Crippen molar-refractivity contribution >= 4 is 52.2 Å². The third kappa shape index (κ3) is 7.19. The van der Waals surface area contributed by atoms with E-state index < -0.39 is 0 Å². The molecule has 0 saturated carbocycles. The van der Waals surface area contributed by atoms with Crippen molar-refractivity contribution in [2.24, 2.45) is 5.10 Å². The van der Waals surface area contributed by atoms with Crippen LogP contribution in [0.5, 0.6) is 5.75 Å². The van der Waals surface area contributed by atoms with Gasteiger partial charge in [0.05, 0.1) is 18.5 Å². The van der Waals surface area contributed by atoms with E-state index in [9.17, 15) is 9.90 Å². The van der Waals surface area contributed by atoms with Crippen molar-refractivity contribution in [3.63, 3.8) is 0 Å². The summed E-state index contributed by atoms with van der Waals surface area (Å²) in [5.41, 5.74) is 4.73. The number of phenolic OH excluding ortho intramolecular Hbond substituents is 1. The molecule has 10 heteroatoms. The van der Waals surface area contributed by atoms with Gasteiger partial charge in [0.1, 0.15) is 5.75 Å². The predicted octanol–water partition coefficient (Wildman–Crippen LogP) is 4.36. The molecule has 2 aromatic carbocycles. The molecule has 34 heavy (non-hydrogen) atoms. The Morgan fingerprint density at radius 2 is 1.97 bits per heavy atom. The minimum atomic E-state index is -0.297. The van der Waals surface area contributed by atoms with Gasteiger partial charge in [-0.15, -0.1) is 23.4 Å². The summed E-state index contributed by atoms with van der Waals surface area (Å²) >= 11 is 3.53. The second-order valence-electron chi connectivity index (χ2n) is 7.09. The number of anilines is 1. The predicted molar refractivity (Wildman–Crippen MR) is 145 cm³/mol. The smallest absolute Gasteiger partial charge is 0.250 e. The summed E-state index contributed by atoms with van der Waals surface area (Å²) in [6, 6.07) is 13.4. The number of aromatic hydroxyl groups is 1. The van der Waals surface area contributed by atoms with Gasteiger partial charge in [-0.05, 0) is 64.9 Å². The fourth-order valence-electron chi connectivity index (χ4n) is 2.99. The maximum atomic E-state index is 12.3. The van der Waals surface area contributed by atoms with Crippen molar-refractivity contribution in [2.75, 3.05) is 11.1 Å². The van der Waals surface area contributed by atoms with Crippen molar-refractivity contribution in [2.45, 2.75) is 24.7 Å². The van der Waals surface area contributed by atoms with E-state index in [0.29, 0.717) is 30.2 Å². The van der Waals surface area contributed by atoms with Crippen LogP contribution in [-0.2, 0) is 24.3 Å². The monoisotopic (exact) mass is 588 g/mol. The maximum Gasteiger partial charge on any atom is 0.250 e. The lowest BCUT2D eigenvalue weighted by molar-refractivity contribution is -0.118. The molecule has 0 aliphatic carbocycles. The SMILES string of the molecule is C=CCc1cccc(C=NNC(=O)CSc2nnc(CNc3ccc(I)cc3)n2CC=C)c1O. The molecule has 1 heterocycles. The van der Waals surface area contributed by atoms with Crippen LogP contribution in [0.4, 0.5) is 5.69 Å². The summed E-state index contributed by atoms with van der Waals surface area (Å²) in [6.07, 6.45) is 5.44. The Kier molecular flexibility index (Phi) is 9.71. The van der Waals surface area contributed by atoms with Crippen LogP contribution in [0.1, 0.15) is 17.0 Å². The Labute approximate surface area is 216 Å². The molecule has 0 bridgehead atoms. The van der Waals surface area contributed by atoms with Gasteiger partial charge in [-0.25, -0.2) is 5.43 Å². The second-order valence-corrected chi connectivity index (χ2v) is 9.28. The number of phenols is 1. The van der Waals surface area contributed by atoms with Gasteiger partial charge in [0.2, 0.25) is 0 Å². The number of hydrogen-bond donors (Lipinski definition) is 3. The molecule has 1 amide bonds. The average Bonchev–Trinajstić information content (AvgIpc) is 3.21. The number of benzene rings is 2. The van der Waals surface area contributed by atoms with Crippen LogP contribution < -0.4 is 10.7 Å². The molecule has 0 aliphatic rings. The van der Waals surface area contributed by atoms with Crippen molar-refractivity contribution in [1.82, 2.24) is 20.2 Å². The number of halogens is 1. The van der Waals surface area contributed by atoms with Crippen molar-refractivity contribution in [1.29, 1.82) is 0 Å². The summed E-state index contributed by atoms with van der Waals surface area (Å²) in [5.74, 6) is 0.683. The number of nitrogens with one attached hydrogen (secondary N) is 2. The number of carbonyl (C=O) groups is 1. The first-order valence-electron chi connectivity index (χ1n) is 10.4. The van der Waals surface area contributed by atoms with E-state index in [-0.39, 0.29) is 17.4 Å². The van der Waals surface area contributed by atoms with E-state index >= 15 is 0 Å². The van der Waals surface area contributed by atoms with Gasteiger partial charge < -0.3 is 15.0 Å². The maximum absolute atomic E-state index is 12.3. The molecule has 3 N–H and O–H groups in total. The van der Waals surface area contributed by atoms with Gasteiger partial charge >= 0.3 is 0 Å². The molecule has 3 aromatic rings. The zero-order valence-corrected chi connectivity index (χ0v) is 21.4. The van der Waals surface area contributed by atoms with Crippen LogP contribution in [0.3, 0.4) is 0 Å². The van der Waals surface area contributed by atoms with Gasteiger partial charge in [0.25, 0.3) is 5.91 Å². The topological polar surface area (TPSA) is 104 Å². The van der Waals surface area contributed by atoms with Gasteiger partial charge in [-0.3, -0.25) is 4.79 Å². The largest absolute Gasteiger partial charge is 0.507 e. The highest BCUT2D eigenvalue weighted by atomic mass is 127. The molecule has 176 valence electrons. The molecule has 0 radical (unpaired) electrons. The van der Waals surface area contributed by atoms with Crippen LogP contribution in [0.2, 0.25) is 0 Å². The van der Waals surface area contributed by atoms with Crippen molar-refractivity contribution < 1.29 is 9.90 Å². The van der Waals surface area contributed by atoms with E-state index in [4.69, 9.17) is 0 Å². The summed E-state index contributed by atoms with van der Waals surface area (Å²) in [4.78, 5) is 12.3. The molecular weight excluding hydrogens is 563 g/mol. The van der Waals surface area contributed by atoms with Gasteiger partial charge in [-0.1, -0.05) is 36.0 Å². The molecule has 1 aromatic heterocycles. The van der Waals surface area contributed by atoms with Crippen LogP contribution in [0.15, 0.2) is 78.0 Å². The highest BCUT2D eigenvalue weighted by Crippen LogP contribution is 2.22. The standard InChI is InChI=1S/C24H25IN6O2S/c1-3-6-17-7-5-8-18(23(17)33)14-27-29-22(32)16-34-24-30-28-21(31(24)13-4-2)15-26-20-11-9-19(25)10-12-20/h3-5,7-12,14,26,33H,1-2,6,13,15-16H2,(H,29,32). The molecular formula is C24H25IN6O2S. The minimum Gasteiger partial charge on any atom is -0.507 e. The van der Waals surface area contributed by atoms with Crippen LogP contribution in [0.25, 0.3) is 0 Å². The fraction of sp³-hybridized carbons (Fsp3) is 0.167. The Balaban J connectivity index is 1.56. The second kappa shape index (κ2) is 12.9. The number of carbonyl (C=O) groups excluding carboxylic acids is 1. The van der Waals surface area contributed by atoms with Crippen LogP contribution in [-0.4, -0.2) is 37.7 Å². The van der Waals surface area contributed by atoms with E-state index in [0.717, 1.165) is 20.6 Å². The first-order valence-corrected chi connectivity index (χ1v) is 12.5. The number of nitrogens with zero attached hydrogens (tertiary/aromatic N) is 4.